The average Bonchev–Trinajstić information content (AvgIpc) is 3.28. The van der Waals surface area contributed by atoms with E-state index >= 15 is 0 Å². The standard InChI is InChI=1S/C22H16N2O/c1-11-12-6-2-3-7-13(12)19-17(11)21-18(15-10-23-22(25)20(15)19)14-8-4-5-9-16(14)24-21/h2-9,11,24H,10H2,1H3,(H,23,25). The first-order chi connectivity index (χ1) is 12.3. The molecule has 25 heavy (non-hydrogen) atoms. The molecular formula is C22H16N2O. The third-order valence-electron chi connectivity index (χ3n) is 5.88. The van der Waals surface area contributed by atoms with Crippen molar-refractivity contribution in [2.24, 2.45) is 0 Å². The van der Waals surface area contributed by atoms with E-state index in [1.165, 1.54) is 33.0 Å². The molecule has 0 saturated carbocycles. The summed E-state index contributed by atoms with van der Waals surface area (Å²) in [4.78, 5) is 16.4. The highest BCUT2D eigenvalue weighted by atomic mass is 16.1. The molecule has 120 valence electrons. The van der Waals surface area contributed by atoms with E-state index in [9.17, 15) is 4.79 Å². The third-order valence-corrected chi connectivity index (χ3v) is 5.88. The molecule has 0 fully saturated rings. The molecule has 1 aromatic heterocycles. The fourth-order valence-corrected chi connectivity index (χ4v) is 4.85. The minimum absolute atomic E-state index is 0.0577. The molecule has 1 aliphatic heterocycles. The zero-order valence-corrected chi connectivity index (χ0v) is 13.8. The van der Waals surface area contributed by atoms with Gasteiger partial charge in [-0.1, -0.05) is 49.4 Å². The number of para-hydroxylation sites is 1. The first kappa shape index (κ1) is 13.2. The van der Waals surface area contributed by atoms with Crippen molar-refractivity contribution in [2.75, 3.05) is 0 Å². The molecule has 6 rings (SSSR count). The minimum Gasteiger partial charge on any atom is -0.354 e. The van der Waals surface area contributed by atoms with E-state index in [4.69, 9.17) is 0 Å². The van der Waals surface area contributed by atoms with Gasteiger partial charge in [-0.15, -0.1) is 0 Å². The predicted molar refractivity (Wildman–Crippen MR) is 99.9 cm³/mol. The number of carbonyl (C=O) groups is 1. The Morgan fingerprint density at radius 2 is 1.80 bits per heavy atom. The number of benzene rings is 3. The summed E-state index contributed by atoms with van der Waals surface area (Å²) in [7, 11) is 0. The Balaban J connectivity index is 1.91. The number of nitrogens with one attached hydrogen (secondary N) is 2. The van der Waals surface area contributed by atoms with E-state index in [0.717, 1.165) is 22.2 Å². The highest BCUT2D eigenvalue weighted by Crippen LogP contribution is 2.52. The van der Waals surface area contributed by atoms with Crippen LogP contribution in [0.1, 0.15) is 39.9 Å². The summed E-state index contributed by atoms with van der Waals surface area (Å²) >= 11 is 0. The molecule has 1 atom stereocenters. The molecule has 0 spiro atoms. The van der Waals surface area contributed by atoms with Gasteiger partial charge in [-0.25, -0.2) is 0 Å². The maximum Gasteiger partial charge on any atom is 0.252 e. The van der Waals surface area contributed by atoms with Crippen LogP contribution in [0.5, 0.6) is 0 Å². The largest absolute Gasteiger partial charge is 0.354 e. The summed E-state index contributed by atoms with van der Waals surface area (Å²) in [6.45, 7) is 2.85. The molecule has 4 aromatic rings. The van der Waals surface area contributed by atoms with Gasteiger partial charge in [0.15, 0.2) is 0 Å². The Morgan fingerprint density at radius 3 is 2.72 bits per heavy atom. The molecule has 1 aliphatic carbocycles. The fraction of sp³-hybridized carbons (Fsp3) is 0.136. The lowest BCUT2D eigenvalue weighted by molar-refractivity contribution is 0.0966. The molecule has 2 aliphatic rings. The van der Waals surface area contributed by atoms with Gasteiger partial charge in [-0.05, 0) is 28.3 Å². The van der Waals surface area contributed by atoms with Crippen LogP contribution < -0.4 is 5.32 Å². The number of aromatic nitrogens is 1. The van der Waals surface area contributed by atoms with Crippen LogP contribution in [0.25, 0.3) is 32.9 Å². The number of carbonyl (C=O) groups excluding carboxylic acids is 1. The van der Waals surface area contributed by atoms with E-state index in [1.54, 1.807) is 0 Å². The highest BCUT2D eigenvalue weighted by Gasteiger charge is 2.37. The van der Waals surface area contributed by atoms with Crippen molar-refractivity contribution in [1.29, 1.82) is 0 Å². The van der Waals surface area contributed by atoms with Crippen LogP contribution in [-0.4, -0.2) is 10.9 Å². The van der Waals surface area contributed by atoms with Gasteiger partial charge in [0, 0.05) is 34.3 Å². The highest BCUT2D eigenvalue weighted by molar-refractivity contribution is 6.19. The maximum atomic E-state index is 12.7. The lowest BCUT2D eigenvalue weighted by Gasteiger charge is -2.11. The van der Waals surface area contributed by atoms with Gasteiger partial charge in [0.2, 0.25) is 0 Å². The minimum atomic E-state index is 0.0577. The van der Waals surface area contributed by atoms with Gasteiger partial charge in [0.25, 0.3) is 5.91 Å². The molecule has 1 amide bonds. The maximum absolute atomic E-state index is 12.7. The smallest absolute Gasteiger partial charge is 0.252 e. The zero-order valence-electron chi connectivity index (χ0n) is 13.8. The molecule has 3 aromatic carbocycles. The molecule has 0 saturated heterocycles. The summed E-state index contributed by atoms with van der Waals surface area (Å²) in [5.74, 6) is 0.336. The summed E-state index contributed by atoms with van der Waals surface area (Å²) < 4.78 is 0. The monoisotopic (exact) mass is 324 g/mol. The first-order valence-corrected chi connectivity index (χ1v) is 8.72. The van der Waals surface area contributed by atoms with Crippen molar-refractivity contribution in [3.05, 3.63) is 70.8 Å². The SMILES string of the molecule is CC1c2ccccc2-c2c3c(c4c([nH]c5ccccc54)c21)CNC3=O. The van der Waals surface area contributed by atoms with Gasteiger partial charge in [0.1, 0.15) is 0 Å². The molecule has 2 heterocycles. The molecule has 1 unspecified atom stereocenters. The second-order valence-electron chi connectivity index (χ2n) is 7.05. The van der Waals surface area contributed by atoms with Crippen LogP contribution in [0.2, 0.25) is 0 Å². The molecule has 3 nitrogen and oxygen atoms in total. The van der Waals surface area contributed by atoms with Crippen molar-refractivity contribution in [3.8, 4) is 11.1 Å². The number of hydrogen-bond acceptors (Lipinski definition) is 1. The van der Waals surface area contributed by atoms with Crippen molar-refractivity contribution in [1.82, 2.24) is 10.3 Å². The number of aromatic amines is 1. The summed E-state index contributed by atoms with van der Waals surface area (Å²) in [6.07, 6.45) is 0. The predicted octanol–water partition coefficient (Wildman–Crippen LogP) is 4.70. The summed E-state index contributed by atoms with van der Waals surface area (Å²) in [5.41, 5.74) is 9.26. The Labute approximate surface area is 144 Å². The topological polar surface area (TPSA) is 44.9 Å². The van der Waals surface area contributed by atoms with Crippen LogP contribution in [0.4, 0.5) is 0 Å². The lowest BCUT2D eigenvalue weighted by Crippen LogP contribution is -2.13. The Hall–Kier alpha value is -3.07. The number of fused-ring (bicyclic) bond motifs is 10. The Kier molecular flexibility index (Phi) is 2.28. The number of rotatable bonds is 0. The molecular weight excluding hydrogens is 308 g/mol. The van der Waals surface area contributed by atoms with Crippen LogP contribution in [-0.2, 0) is 6.54 Å². The quantitative estimate of drug-likeness (QED) is 0.484. The molecule has 2 N–H and O–H groups in total. The lowest BCUT2D eigenvalue weighted by atomic mass is 9.90. The number of hydrogen-bond donors (Lipinski definition) is 2. The van der Waals surface area contributed by atoms with Crippen molar-refractivity contribution in [3.63, 3.8) is 0 Å². The number of amides is 1. The summed E-state index contributed by atoms with van der Waals surface area (Å²) in [6, 6.07) is 16.9. The first-order valence-electron chi connectivity index (χ1n) is 8.72. The van der Waals surface area contributed by atoms with Crippen LogP contribution in [0, 0.1) is 0 Å². The average molecular weight is 324 g/mol. The Bertz CT molecular complexity index is 1230. The van der Waals surface area contributed by atoms with Gasteiger partial charge in [-0.2, -0.15) is 0 Å². The van der Waals surface area contributed by atoms with E-state index in [0.29, 0.717) is 6.54 Å². The molecule has 3 heteroatoms. The van der Waals surface area contributed by atoms with Gasteiger partial charge >= 0.3 is 0 Å². The van der Waals surface area contributed by atoms with Gasteiger partial charge in [0.05, 0.1) is 11.1 Å². The van der Waals surface area contributed by atoms with E-state index in [1.807, 2.05) is 0 Å². The third kappa shape index (κ3) is 1.45. The Morgan fingerprint density at radius 1 is 1.00 bits per heavy atom. The zero-order chi connectivity index (χ0) is 16.7. The second-order valence-corrected chi connectivity index (χ2v) is 7.05. The van der Waals surface area contributed by atoms with E-state index in [-0.39, 0.29) is 11.8 Å². The molecule has 0 bridgehead atoms. The normalized spacial score (nSPS) is 17.6. The van der Waals surface area contributed by atoms with Crippen LogP contribution in [0.3, 0.4) is 0 Å². The fourth-order valence-electron chi connectivity index (χ4n) is 4.85. The van der Waals surface area contributed by atoms with Crippen LogP contribution >= 0.6 is 0 Å². The van der Waals surface area contributed by atoms with Crippen LogP contribution in [0.15, 0.2) is 48.5 Å². The van der Waals surface area contributed by atoms with Crippen molar-refractivity contribution >= 4 is 27.7 Å². The van der Waals surface area contributed by atoms with E-state index in [2.05, 4.69) is 65.8 Å². The number of H-pyrrole nitrogens is 1. The second kappa shape index (κ2) is 4.31. The van der Waals surface area contributed by atoms with Gasteiger partial charge < -0.3 is 10.3 Å². The van der Waals surface area contributed by atoms with E-state index < -0.39 is 0 Å². The molecule has 0 radical (unpaired) electrons. The van der Waals surface area contributed by atoms with Gasteiger partial charge in [-0.3, -0.25) is 4.79 Å². The van der Waals surface area contributed by atoms with Crippen molar-refractivity contribution in [2.45, 2.75) is 19.4 Å². The summed E-state index contributed by atoms with van der Waals surface area (Å²) in [5, 5.41) is 5.47. The van der Waals surface area contributed by atoms with Crippen molar-refractivity contribution < 1.29 is 4.79 Å².